The summed E-state index contributed by atoms with van der Waals surface area (Å²) in [6.45, 7) is 3.36. The van der Waals surface area contributed by atoms with Gasteiger partial charge in [-0.3, -0.25) is 14.7 Å². The van der Waals surface area contributed by atoms with Gasteiger partial charge in [0, 0.05) is 45.1 Å². The van der Waals surface area contributed by atoms with Crippen LogP contribution in [0.1, 0.15) is 12.0 Å². The number of alkyl halides is 3. The minimum Gasteiger partial charge on any atom is -0.342 e. The maximum absolute atomic E-state index is 12.3. The summed E-state index contributed by atoms with van der Waals surface area (Å²) in [5.41, 5.74) is 1.13. The fraction of sp³-hybridized carbons (Fsp3) is 0.600. The van der Waals surface area contributed by atoms with E-state index in [9.17, 15) is 18.0 Å². The van der Waals surface area contributed by atoms with Crippen molar-refractivity contribution in [3.05, 3.63) is 30.1 Å². The normalized spacial score (nSPS) is 25.5. The summed E-state index contributed by atoms with van der Waals surface area (Å²) in [5.74, 6) is -0.219. The summed E-state index contributed by atoms with van der Waals surface area (Å²) in [6.07, 6.45) is -2.20. The number of carbonyl (C=O) groups is 1. The van der Waals surface area contributed by atoms with Crippen molar-refractivity contribution >= 4 is 5.91 Å². The first-order valence-corrected chi connectivity index (χ1v) is 7.36. The van der Waals surface area contributed by atoms with Crippen LogP contribution in [0.4, 0.5) is 13.2 Å². The van der Waals surface area contributed by atoms with Crippen LogP contribution in [0.25, 0.3) is 0 Å². The molecule has 120 valence electrons. The third kappa shape index (κ3) is 3.58. The highest BCUT2D eigenvalue weighted by Crippen LogP contribution is 2.33. The maximum Gasteiger partial charge on any atom is 0.397 e. The Kier molecular flexibility index (Phi) is 4.08. The number of pyridine rings is 1. The summed E-state index contributed by atoms with van der Waals surface area (Å²) in [6, 6.07) is 3.91. The van der Waals surface area contributed by atoms with Crippen LogP contribution >= 0.6 is 0 Å². The van der Waals surface area contributed by atoms with E-state index in [-0.39, 0.29) is 11.8 Å². The molecule has 2 atom stereocenters. The van der Waals surface area contributed by atoms with E-state index in [1.165, 1.54) is 4.90 Å². The second-order valence-electron chi connectivity index (χ2n) is 6.17. The van der Waals surface area contributed by atoms with Crippen molar-refractivity contribution in [2.75, 3.05) is 26.2 Å². The van der Waals surface area contributed by atoms with Gasteiger partial charge >= 0.3 is 6.18 Å². The molecule has 2 fully saturated rings. The largest absolute Gasteiger partial charge is 0.397 e. The molecule has 0 radical (unpaired) electrons. The van der Waals surface area contributed by atoms with Gasteiger partial charge in [0.05, 0.1) is 0 Å². The van der Waals surface area contributed by atoms with Gasteiger partial charge < -0.3 is 4.90 Å². The molecule has 2 aliphatic heterocycles. The van der Waals surface area contributed by atoms with Gasteiger partial charge in [0.1, 0.15) is 6.42 Å². The highest BCUT2D eigenvalue weighted by molar-refractivity contribution is 5.77. The average molecular weight is 313 g/mol. The molecule has 1 amide bonds. The first-order chi connectivity index (χ1) is 10.4. The first kappa shape index (κ1) is 15.3. The number of hydrogen-bond donors (Lipinski definition) is 0. The minimum absolute atomic E-state index is 0.286. The quantitative estimate of drug-likeness (QED) is 0.855. The lowest BCUT2D eigenvalue weighted by molar-refractivity contribution is -0.160. The van der Waals surface area contributed by atoms with E-state index in [1.807, 2.05) is 18.3 Å². The number of amides is 1. The average Bonchev–Trinajstić information content (AvgIpc) is 2.96. The molecule has 0 bridgehead atoms. The predicted octanol–water partition coefficient (Wildman–Crippen LogP) is 1.92. The molecule has 2 aliphatic rings. The van der Waals surface area contributed by atoms with Gasteiger partial charge in [0.25, 0.3) is 0 Å². The Morgan fingerprint density at radius 1 is 1.23 bits per heavy atom. The van der Waals surface area contributed by atoms with Crippen molar-refractivity contribution in [3.8, 4) is 0 Å². The van der Waals surface area contributed by atoms with Crippen LogP contribution in [0, 0.1) is 11.8 Å². The lowest BCUT2D eigenvalue weighted by atomic mass is 10.0. The fourth-order valence-electron chi connectivity index (χ4n) is 3.46. The molecule has 22 heavy (non-hydrogen) atoms. The second-order valence-corrected chi connectivity index (χ2v) is 6.17. The highest BCUT2D eigenvalue weighted by atomic mass is 19.4. The van der Waals surface area contributed by atoms with E-state index in [1.54, 1.807) is 6.20 Å². The molecule has 4 nitrogen and oxygen atoms in total. The van der Waals surface area contributed by atoms with Crippen LogP contribution < -0.4 is 0 Å². The number of aromatic nitrogens is 1. The molecule has 0 spiro atoms. The van der Waals surface area contributed by atoms with Crippen LogP contribution in [0.3, 0.4) is 0 Å². The molecule has 0 unspecified atom stereocenters. The van der Waals surface area contributed by atoms with Gasteiger partial charge in [-0.15, -0.1) is 0 Å². The summed E-state index contributed by atoms with van der Waals surface area (Å²) in [4.78, 5) is 19.4. The Labute approximate surface area is 126 Å². The predicted molar refractivity (Wildman–Crippen MR) is 73.7 cm³/mol. The van der Waals surface area contributed by atoms with E-state index in [2.05, 4.69) is 9.88 Å². The Bertz CT molecular complexity index is 521. The Balaban J connectivity index is 1.51. The number of fused-ring (bicyclic) bond motifs is 1. The third-order valence-corrected chi connectivity index (χ3v) is 4.40. The van der Waals surface area contributed by atoms with Crippen LogP contribution in [0.5, 0.6) is 0 Å². The Morgan fingerprint density at radius 3 is 2.45 bits per heavy atom. The Hall–Kier alpha value is -1.63. The van der Waals surface area contributed by atoms with Crippen molar-refractivity contribution < 1.29 is 18.0 Å². The lowest BCUT2D eigenvalue weighted by Crippen LogP contribution is -2.35. The topological polar surface area (TPSA) is 36.4 Å². The van der Waals surface area contributed by atoms with E-state index in [0.717, 1.165) is 25.2 Å². The molecule has 7 heteroatoms. The summed E-state index contributed by atoms with van der Waals surface area (Å²) in [5, 5.41) is 0. The summed E-state index contributed by atoms with van der Waals surface area (Å²) >= 11 is 0. The van der Waals surface area contributed by atoms with Gasteiger partial charge in [0.15, 0.2) is 0 Å². The zero-order valence-corrected chi connectivity index (χ0v) is 12.1. The van der Waals surface area contributed by atoms with Gasteiger partial charge in [-0.05, 0) is 23.5 Å². The van der Waals surface area contributed by atoms with Crippen molar-refractivity contribution in [2.24, 2.45) is 11.8 Å². The van der Waals surface area contributed by atoms with Crippen molar-refractivity contribution in [3.63, 3.8) is 0 Å². The van der Waals surface area contributed by atoms with Crippen LogP contribution in [-0.2, 0) is 11.3 Å². The number of likely N-dealkylation sites (tertiary alicyclic amines) is 2. The molecule has 0 saturated carbocycles. The van der Waals surface area contributed by atoms with Gasteiger partial charge in [-0.25, -0.2) is 0 Å². The maximum atomic E-state index is 12.3. The number of carbonyl (C=O) groups excluding carboxylic acids is 1. The lowest BCUT2D eigenvalue weighted by Gasteiger charge is -2.22. The molecule has 3 rings (SSSR count). The van der Waals surface area contributed by atoms with Crippen molar-refractivity contribution in [2.45, 2.75) is 19.1 Å². The van der Waals surface area contributed by atoms with E-state index < -0.39 is 18.5 Å². The number of rotatable bonds is 3. The molecule has 3 heterocycles. The molecule has 0 aromatic carbocycles. The smallest absolute Gasteiger partial charge is 0.342 e. The fourth-order valence-corrected chi connectivity index (χ4v) is 3.46. The second kappa shape index (κ2) is 5.87. The van der Waals surface area contributed by atoms with Crippen molar-refractivity contribution in [1.29, 1.82) is 0 Å². The van der Waals surface area contributed by atoms with E-state index in [4.69, 9.17) is 0 Å². The zero-order valence-electron chi connectivity index (χ0n) is 12.1. The molecule has 1 aromatic rings. The van der Waals surface area contributed by atoms with E-state index >= 15 is 0 Å². The highest BCUT2D eigenvalue weighted by Gasteiger charge is 2.43. The standard InChI is InChI=1S/C15H18F3N3O/c16-15(17,18)4-14(22)21-9-12-7-20(8-13(12)10-21)6-11-2-1-3-19-5-11/h1-3,5,12-13H,4,6-10H2/t12-,13+. The summed E-state index contributed by atoms with van der Waals surface area (Å²) in [7, 11) is 0. The van der Waals surface area contributed by atoms with Gasteiger partial charge in [-0.1, -0.05) is 6.07 Å². The van der Waals surface area contributed by atoms with Gasteiger partial charge in [0.2, 0.25) is 5.91 Å². The minimum atomic E-state index is -4.42. The van der Waals surface area contributed by atoms with Crippen LogP contribution in [0.15, 0.2) is 24.5 Å². The summed E-state index contributed by atoms with van der Waals surface area (Å²) < 4.78 is 36.9. The molecule has 0 N–H and O–H groups in total. The van der Waals surface area contributed by atoms with Crippen LogP contribution in [0.2, 0.25) is 0 Å². The molecule has 2 saturated heterocycles. The molecular formula is C15H18F3N3O. The number of nitrogens with zero attached hydrogens (tertiary/aromatic N) is 3. The molecular weight excluding hydrogens is 295 g/mol. The van der Waals surface area contributed by atoms with Gasteiger partial charge in [-0.2, -0.15) is 13.2 Å². The number of halogens is 3. The Morgan fingerprint density at radius 2 is 1.91 bits per heavy atom. The zero-order chi connectivity index (χ0) is 15.7. The van der Waals surface area contributed by atoms with E-state index in [0.29, 0.717) is 13.1 Å². The SMILES string of the molecule is O=C(CC(F)(F)F)N1C[C@H]2CN(Cc3cccnc3)C[C@H]2C1. The molecule has 0 aliphatic carbocycles. The first-order valence-electron chi connectivity index (χ1n) is 7.36. The molecule has 1 aromatic heterocycles. The monoisotopic (exact) mass is 313 g/mol. The van der Waals surface area contributed by atoms with Crippen molar-refractivity contribution in [1.82, 2.24) is 14.8 Å². The third-order valence-electron chi connectivity index (χ3n) is 4.40. The van der Waals surface area contributed by atoms with Crippen LogP contribution in [-0.4, -0.2) is 53.0 Å². The number of hydrogen-bond acceptors (Lipinski definition) is 3.